The van der Waals surface area contributed by atoms with Crippen molar-refractivity contribution >= 4 is 34.8 Å². The van der Waals surface area contributed by atoms with Crippen molar-refractivity contribution in [3.8, 4) is 5.75 Å². The lowest BCUT2D eigenvalue weighted by Gasteiger charge is -2.42. The first-order chi connectivity index (χ1) is 13.8. The molecule has 0 spiro atoms. The minimum atomic E-state index is -0.794. The van der Waals surface area contributed by atoms with Gasteiger partial charge in [-0.25, -0.2) is 4.68 Å². The molecule has 1 saturated heterocycles. The van der Waals surface area contributed by atoms with Gasteiger partial charge < -0.3 is 19.6 Å². The molecule has 0 aliphatic carbocycles. The number of methoxy groups -OCH3 is 1. The van der Waals surface area contributed by atoms with Crippen LogP contribution in [-0.4, -0.2) is 52.4 Å². The third-order valence-electron chi connectivity index (χ3n) is 5.26. The summed E-state index contributed by atoms with van der Waals surface area (Å²) in [5.74, 6) is 0.649. The van der Waals surface area contributed by atoms with E-state index >= 15 is 0 Å². The van der Waals surface area contributed by atoms with E-state index in [1.54, 1.807) is 24.8 Å². The van der Waals surface area contributed by atoms with Gasteiger partial charge in [-0.2, -0.15) is 5.10 Å². The number of hydrogen-bond donors (Lipinski definition) is 1. The lowest BCUT2D eigenvalue weighted by atomic mass is 10.2. The van der Waals surface area contributed by atoms with Gasteiger partial charge >= 0.3 is 0 Å². The average molecular weight is 441 g/mol. The number of aliphatic hydroxyl groups is 1. The molecule has 0 saturated carbocycles. The van der Waals surface area contributed by atoms with Crippen LogP contribution in [-0.2, 0) is 4.79 Å². The van der Waals surface area contributed by atoms with E-state index in [0.717, 1.165) is 11.4 Å². The number of rotatable bonds is 5. The summed E-state index contributed by atoms with van der Waals surface area (Å²) in [5, 5.41) is 15.5. The van der Waals surface area contributed by atoms with Gasteiger partial charge in [0.25, 0.3) is 0 Å². The number of aliphatic hydroxyl groups excluding tert-OH is 1. The molecule has 3 rings (SSSR count). The molecule has 29 heavy (non-hydrogen) atoms. The molecule has 2 heterocycles. The van der Waals surface area contributed by atoms with E-state index in [2.05, 4.69) is 10.00 Å². The molecule has 1 amide bonds. The number of hydrogen-bond acceptors (Lipinski definition) is 5. The number of aromatic nitrogens is 2. The van der Waals surface area contributed by atoms with Crippen molar-refractivity contribution in [2.75, 3.05) is 31.6 Å². The molecule has 2 unspecified atom stereocenters. The van der Waals surface area contributed by atoms with Crippen LogP contribution in [0.15, 0.2) is 18.2 Å². The van der Waals surface area contributed by atoms with Crippen molar-refractivity contribution in [1.82, 2.24) is 14.7 Å². The standard InChI is InChI=1S/C20H26Cl2N4O3/c1-5-18(28)25-9-8-24(14-6-7-15(21)16(10-14)29-4)11-17(25)26-12(2)19(22)20(23-26)13(3)27/h6-7,10,13,17,27H,5,8-9,11H2,1-4H3. The smallest absolute Gasteiger partial charge is 0.224 e. The number of nitrogens with zero attached hydrogens (tertiary/aromatic N) is 4. The van der Waals surface area contributed by atoms with E-state index in [1.165, 1.54) is 0 Å². The zero-order chi connectivity index (χ0) is 21.3. The third-order valence-corrected chi connectivity index (χ3v) is 6.04. The maximum atomic E-state index is 12.6. The first kappa shape index (κ1) is 21.7. The Hall–Kier alpha value is -1.96. The Morgan fingerprint density at radius 2 is 2.10 bits per heavy atom. The second-order valence-electron chi connectivity index (χ2n) is 7.09. The molecular weight excluding hydrogens is 415 g/mol. The van der Waals surface area contributed by atoms with Crippen LogP contribution < -0.4 is 9.64 Å². The molecule has 7 nitrogen and oxygen atoms in total. The van der Waals surface area contributed by atoms with Crippen molar-refractivity contribution in [2.24, 2.45) is 0 Å². The number of carbonyl (C=O) groups is 1. The number of amides is 1. The number of ether oxygens (including phenoxy) is 1. The van der Waals surface area contributed by atoms with Crippen molar-refractivity contribution in [3.05, 3.63) is 39.6 Å². The Balaban J connectivity index is 1.99. The number of piperazine rings is 1. The molecule has 9 heteroatoms. The molecule has 1 N–H and O–H groups in total. The highest BCUT2D eigenvalue weighted by Crippen LogP contribution is 2.34. The van der Waals surface area contributed by atoms with E-state index in [0.29, 0.717) is 47.5 Å². The fraction of sp³-hybridized carbons (Fsp3) is 0.500. The molecule has 2 aromatic rings. The summed E-state index contributed by atoms with van der Waals surface area (Å²) < 4.78 is 7.09. The Morgan fingerprint density at radius 1 is 1.38 bits per heavy atom. The van der Waals surface area contributed by atoms with Crippen molar-refractivity contribution in [1.29, 1.82) is 0 Å². The molecule has 1 aliphatic rings. The second kappa shape index (κ2) is 8.81. The van der Waals surface area contributed by atoms with Crippen LogP contribution in [0, 0.1) is 6.92 Å². The van der Waals surface area contributed by atoms with Crippen LogP contribution in [0.5, 0.6) is 5.75 Å². The molecule has 1 aromatic carbocycles. The van der Waals surface area contributed by atoms with E-state index < -0.39 is 6.10 Å². The monoisotopic (exact) mass is 440 g/mol. The van der Waals surface area contributed by atoms with Gasteiger partial charge in [-0.1, -0.05) is 30.1 Å². The van der Waals surface area contributed by atoms with Crippen LogP contribution in [0.3, 0.4) is 0 Å². The largest absolute Gasteiger partial charge is 0.495 e. The number of carbonyl (C=O) groups excluding carboxylic acids is 1. The summed E-state index contributed by atoms with van der Waals surface area (Å²) in [6, 6.07) is 5.63. The Morgan fingerprint density at radius 3 is 2.69 bits per heavy atom. The van der Waals surface area contributed by atoms with Crippen LogP contribution in [0.25, 0.3) is 0 Å². The van der Waals surface area contributed by atoms with Gasteiger partial charge in [0.1, 0.15) is 17.6 Å². The maximum absolute atomic E-state index is 12.6. The zero-order valence-corrected chi connectivity index (χ0v) is 18.5. The van der Waals surface area contributed by atoms with Gasteiger partial charge in [-0.3, -0.25) is 4.79 Å². The fourth-order valence-corrected chi connectivity index (χ4v) is 4.10. The molecule has 1 fully saturated rings. The second-order valence-corrected chi connectivity index (χ2v) is 7.88. The summed E-state index contributed by atoms with van der Waals surface area (Å²) in [6.07, 6.45) is -0.733. The summed E-state index contributed by atoms with van der Waals surface area (Å²) >= 11 is 12.6. The normalized spacial score (nSPS) is 18.1. The minimum Gasteiger partial charge on any atom is -0.495 e. The van der Waals surface area contributed by atoms with Gasteiger partial charge in [-0.05, 0) is 26.0 Å². The third kappa shape index (κ3) is 4.17. The van der Waals surface area contributed by atoms with Crippen LogP contribution in [0.1, 0.15) is 43.9 Å². The summed E-state index contributed by atoms with van der Waals surface area (Å²) in [4.78, 5) is 16.6. The van der Waals surface area contributed by atoms with E-state index in [4.69, 9.17) is 27.9 Å². The van der Waals surface area contributed by atoms with Crippen LogP contribution >= 0.6 is 23.2 Å². The predicted molar refractivity (Wildman–Crippen MR) is 114 cm³/mol. The van der Waals surface area contributed by atoms with Crippen molar-refractivity contribution in [3.63, 3.8) is 0 Å². The first-order valence-electron chi connectivity index (χ1n) is 9.59. The highest BCUT2D eigenvalue weighted by atomic mass is 35.5. The molecule has 2 atom stereocenters. The lowest BCUT2D eigenvalue weighted by molar-refractivity contribution is -0.136. The van der Waals surface area contributed by atoms with Gasteiger partial charge in [0.05, 0.1) is 35.5 Å². The van der Waals surface area contributed by atoms with E-state index in [1.807, 2.05) is 30.9 Å². The summed E-state index contributed by atoms with van der Waals surface area (Å²) in [7, 11) is 1.58. The average Bonchev–Trinajstić information content (AvgIpc) is 3.02. The Bertz CT molecular complexity index is 900. The number of anilines is 1. The minimum absolute atomic E-state index is 0.0490. The van der Waals surface area contributed by atoms with Gasteiger partial charge in [0.15, 0.2) is 0 Å². The first-order valence-corrected chi connectivity index (χ1v) is 10.3. The number of halogens is 2. The molecule has 0 bridgehead atoms. The van der Waals surface area contributed by atoms with E-state index in [-0.39, 0.29) is 12.1 Å². The van der Waals surface area contributed by atoms with E-state index in [9.17, 15) is 9.90 Å². The van der Waals surface area contributed by atoms with Crippen LogP contribution in [0.4, 0.5) is 5.69 Å². The molecular formula is C20H26Cl2N4O3. The van der Waals surface area contributed by atoms with Gasteiger partial charge in [0.2, 0.25) is 5.91 Å². The topological polar surface area (TPSA) is 70.8 Å². The Kier molecular flexibility index (Phi) is 6.61. The molecule has 158 valence electrons. The number of benzene rings is 1. The molecule has 0 radical (unpaired) electrons. The van der Waals surface area contributed by atoms with Crippen LogP contribution in [0.2, 0.25) is 10.0 Å². The SMILES string of the molecule is CCC(=O)N1CCN(c2ccc(Cl)c(OC)c2)CC1n1nc(C(C)O)c(Cl)c1C. The summed E-state index contributed by atoms with van der Waals surface area (Å²) in [6.45, 7) is 7.06. The van der Waals surface area contributed by atoms with Gasteiger partial charge in [-0.15, -0.1) is 0 Å². The fourth-order valence-electron chi connectivity index (χ4n) is 3.63. The lowest BCUT2D eigenvalue weighted by Crippen LogP contribution is -2.53. The predicted octanol–water partition coefficient (Wildman–Crippen LogP) is 3.82. The molecule has 1 aliphatic heterocycles. The Labute approximate surface area is 180 Å². The zero-order valence-electron chi connectivity index (χ0n) is 17.0. The highest BCUT2D eigenvalue weighted by molar-refractivity contribution is 6.32. The highest BCUT2D eigenvalue weighted by Gasteiger charge is 2.34. The maximum Gasteiger partial charge on any atom is 0.224 e. The molecule has 1 aromatic heterocycles. The van der Waals surface area contributed by atoms with Crippen molar-refractivity contribution < 1.29 is 14.6 Å². The summed E-state index contributed by atoms with van der Waals surface area (Å²) in [5.41, 5.74) is 2.09. The van der Waals surface area contributed by atoms with Crippen molar-refractivity contribution in [2.45, 2.75) is 39.5 Å². The quantitative estimate of drug-likeness (QED) is 0.764. The van der Waals surface area contributed by atoms with Gasteiger partial charge in [0, 0.05) is 31.3 Å².